The van der Waals surface area contributed by atoms with Gasteiger partial charge in [-0.1, -0.05) is 11.2 Å². The highest BCUT2D eigenvalue weighted by molar-refractivity contribution is 5.96. The maximum Gasteiger partial charge on any atom is 0.223 e. The Hall–Kier alpha value is -2.15. The Bertz CT molecular complexity index is 486. The number of nitrogens with one attached hydrogen (secondary N) is 1. The molecule has 1 amide bonds. The van der Waals surface area contributed by atoms with Gasteiger partial charge in [-0.15, -0.1) is 0 Å². The molecule has 0 aromatic carbocycles. The van der Waals surface area contributed by atoms with E-state index in [1.54, 1.807) is 17.2 Å². The Kier molecular flexibility index (Phi) is 7.17. The lowest BCUT2D eigenvalue weighted by atomic mass is 10.2. The van der Waals surface area contributed by atoms with Crippen LogP contribution in [0.4, 0.5) is 0 Å². The Morgan fingerprint density at radius 1 is 1.48 bits per heavy atom. The second-order valence-electron chi connectivity index (χ2n) is 4.49. The van der Waals surface area contributed by atoms with E-state index in [0.29, 0.717) is 25.2 Å². The van der Waals surface area contributed by atoms with Gasteiger partial charge in [0.2, 0.25) is 5.91 Å². The molecule has 0 aliphatic rings. The molecule has 0 spiro atoms. The zero-order chi connectivity index (χ0) is 15.7. The second kappa shape index (κ2) is 8.91. The number of hydrogen-bond acceptors (Lipinski definition) is 5. The van der Waals surface area contributed by atoms with E-state index in [4.69, 9.17) is 10.9 Å². The molecule has 0 unspecified atom stereocenters. The Morgan fingerprint density at radius 2 is 2.19 bits per heavy atom. The number of carbonyl (C=O) groups is 1. The summed E-state index contributed by atoms with van der Waals surface area (Å²) in [7, 11) is 0. The molecule has 0 radical (unpaired) electrons. The highest BCUT2D eigenvalue weighted by Crippen LogP contribution is 2.04. The minimum Gasteiger partial charge on any atom is -0.409 e. The van der Waals surface area contributed by atoms with E-state index in [1.807, 2.05) is 19.9 Å². The predicted molar refractivity (Wildman–Crippen MR) is 81.0 cm³/mol. The lowest BCUT2D eigenvalue weighted by Crippen LogP contribution is -2.33. The van der Waals surface area contributed by atoms with Crippen LogP contribution >= 0.6 is 0 Å². The first kappa shape index (κ1) is 16.9. The van der Waals surface area contributed by atoms with Crippen molar-refractivity contribution in [3.05, 3.63) is 29.6 Å². The van der Waals surface area contributed by atoms with E-state index in [-0.39, 0.29) is 11.7 Å². The van der Waals surface area contributed by atoms with Crippen molar-refractivity contribution in [3.63, 3.8) is 0 Å². The van der Waals surface area contributed by atoms with E-state index in [9.17, 15) is 4.79 Å². The van der Waals surface area contributed by atoms with Gasteiger partial charge in [0.15, 0.2) is 5.84 Å². The van der Waals surface area contributed by atoms with Crippen LogP contribution in [0.15, 0.2) is 23.5 Å². The van der Waals surface area contributed by atoms with Gasteiger partial charge < -0.3 is 21.2 Å². The maximum atomic E-state index is 11.8. The molecule has 0 saturated carbocycles. The van der Waals surface area contributed by atoms with Crippen molar-refractivity contribution in [1.29, 1.82) is 0 Å². The molecule has 0 bridgehead atoms. The molecule has 0 aliphatic carbocycles. The van der Waals surface area contributed by atoms with Crippen LogP contribution in [0.2, 0.25) is 0 Å². The first-order valence-electron chi connectivity index (χ1n) is 7.04. The molecule has 0 fully saturated rings. The SMILES string of the molecule is CCN(CC)C(=O)CCNCc1cccnc1/C(N)=N/O. The van der Waals surface area contributed by atoms with Gasteiger partial charge in [-0.05, 0) is 25.5 Å². The number of amidine groups is 1. The zero-order valence-corrected chi connectivity index (χ0v) is 12.5. The van der Waals surface area contributed by atoms with Crippen molar-refractivity contribution in [3.8, 4) is 0 Å². The molecule has 1 rings (SSSR count). The summed E-state index contributed by atoms with van der Waals surface area (Å²) in [5.74, 6) is 0.113. The molecule has 0 saturated heterocycles. The van der Waals surface area contributed by atoms with E-state index in [1.165, 1.54) is 0 Å². The van der Waals surface area contributed by atoms with Gasteiger partial charge in [-0.2, -0.15) is 0 Å². The molecular weight excluding hydrogens is 270 g/mol. The molecule has 21 heavy (non-hydrogen) atoms. The summed E-state index contributed by atoms with van der Waals surface area (Å²) < 4.78 is 0. The molecule has 7 nitrogen and oxygen atoms in total. The number of carbonyl (C=O) groups excluding carboxylic acids is 1. The maximum absolute atomic E-state index is 11.8. The minimum absolute atomic E-state index is 0.0217. The van der Waals surface area contributed by atoms with Crippen molar-refractivity contribution < 1.29 is 10.0 Å². The van der Waals surface area contributed by atoms with E-state index >= 15 is 0 Å². The Labute approximate surface area is 124 Å². The third-order valence-electron chi connectivity index (χ3n) is 3.19. The summed E-state index contributed by atoms with van der Waals surface area (Å²) >= 11 is 0. The minimum atomic E-state index is -0.0217. The normalized spacial score (nSPS) is 11.4. The van der Waals surface area contributed by atoms with Crippen LogP contribution in [0.1, 0.15) is 31.5 Å². The number of hydrogen-bond donors (Lipinski definition) is 3. The molecule has 0 aliphatic heterocycles. The van der Waals surface area contributed by atoms with Gasteiger partial charge in [0, 0.05) is 38.8 Å². The number of pyridine rings is 1. The summed E-state index contributed by atoms with van der Waals surface area (Å²) in [5, 5.41) is 14.9. The van der Waals surface area contributed by atoms with E-state index < -0.39 is 0 Å². The highest BCUT2D eigenvalue weighted by Gasteiger charge is 2.10. The van der Waals surface area contributed by atoms with E-state index in [2.05, 4.69) is 15.5 Å². The van der Waals surface area contributed by atoms with Crippen molar-refractivity contribution in [2.75, 3.05) is 19.6 Å². The van der Waals surface area contributed by atoms with Crippen LogP contribution in [0.5, 0.6) is 0 Å². The Morgan fingerprint density at radius 3 is 2.81 bits per heavy atom. The van der Waals surface area contributed by atoms with Crippen LogP contribution in [0.3, 0.4) is 0 Å². The summed E-state index contributed by atoms with van der Waals surface area (Å²) in [6, 6.07) is 3.63. The average Bonchev–Trinajstić information content (AvgIpc) is 2.52. The van der Waals surface area contributed by atoms with Crippen molar-refractivity contribution in [2.45, 2.75) is 26.8 Å². The fourth-order valence-corrected chi connectivity index (χ4v) is 2.01. The molecule has 1 heterocycles. The van der Waals surface area contributed by atoms with Crippen molar-refractivity contribution in [2.24, 2.45) is 10.9 Å². The van der Waals surface area contributed by atoms with Gasteiger partial charge in [0.1, 0.15) is 5.69 Å². The van der Waals surface area contributed by atoms with E-state index in [0.717, 1.165) is 18.7 Å². The van der Waals surface area contributed by atoms with Crippen LogP contribution in [-0.2, 0) is 11.3 Å². The van der Waals surface area contributed by atoms with Crippen LogP contribution < -0.4 is 11.1 Å². The van der Waals surface area contributed by atoms with Crippen LogP contribution in [0.25, 0.3) is 0 Å². The molecule has 1 aromatic rings. The summed E-state index contributed by atoms with van der Waals surface area (Å²) in [6.45, 7) is 6.46. The molecule has 0 atom stereocenters. The number of amides is 1. The van der Waals surface area contributed by atoms with Crippen molar-refractivity contribution >= 4 is 11.7 Å². The first-order chi connectivity index (χ1) is 10.1. The van der Waals surface area contributed by atoms with Gasteiger partial charge in [0.25, 0.3) is 0 Å². The number of rotatable bonds is 8. The summed E-state index contributed by atoms with van der Waals surface area (Å²) in [4.78, 5) is 17.7. The highest BCUT2D eigenvalue weighted by atomic mass is 16.4. The van der Waals surface area contributed by atoms with Gasteiger partial charge >= 0.3 is 0 Å². The molecule has 4 N–H and O–H groups in total. The largest absolute Gasteiger partial charge is 0.409 e. The third-order valence-corrected chi connectivity index (χ3v) is 3.19. The zero-order valence-electron chi connectivity index (χ0n) is 12.5. The van der Waals surface area contributed by atoms with Crippen LogP contribution in [0, 0.1) is 0 Å². The smallest absolute Gasteiger partial charge is 0.223 e. The number of nitrogens with two attached hydrogens (primary N) is 1. The van der Waals surface area contributed by atoms with Crippen LogP contribution in [-0.4, -0.2) is 46.5 Å². The monoisotopic (exact) mass is 293 g/mol. The second-order valence-corrected chi connectivity index (χ2v) is 4.49. The Balaban J connectivity index is 2.49. The predicted octanol–water partition coefficient (Wildman–Crippen LogP) is 0.524. The van der Waals surface area contributed by atoms with Gasteiger partial charge in [0.05, 0.1) is 0 Å². The summed E-state index contributed by atoms with van der Waals surface area (Å²) in [5.41, 5.74) is 6.84. The van der Waals surface area contributed by atoms with Gasteiger partial charge in [-0.25, -0.2) is 0 Å². The topological polar surface area (TPSA) is 104 Å². The first-order valence-corrected chi connectivity index (χ1v) is 7.04. The number of oxime groups is 1. The summed E-state index contributed by atoms with van der Waals surface area (Å²) in [6.07, 6.45) is 2.03. The number of nitrogens with zero attached hydrogens (tertiary/aromatic N) is 3. The fourth-order valence-electron chi connectivity index (χ4n) is 2.01. The average molecular weight is 293 g/mol. The van der Waals surface area contributed by atoms with Crippen molar-refractivity contribution in [1.82, 2.24) is 15.2 Å². The lowest BCUT2D eigenvalue weighted by Gasteiger charge is -2.18. The quantitative estimate of drug-likeness (QED) is 0.213. The molecule has 116 valence electrons. The standard InChI is InChI=1S/C14H23N5O2/c1-3-19(4-2)12(20)7-9-16-10-11-6-5-8-17-13(11)14(15)18-21/h5-6,8,16,21H,3-4,7,9-10H2,1-2H3,(H2,15,18). The number of aromatic nitrogens is 1. The fraction of sp³-hybridized carbons (Fsp3) is 0.500. The molecule has 7 heteroatoms. The lowest BCUT2D eigenvalue weighted by molar-refractivity contribution is -0.130. The molecule has 1 aromatic heterocycles. The third kappa shape index (κ3) is 5.03. The molecular formula is C14H23N5O2. The van der Waals surface area contributed by atoms with Gasteiger partial charge in [-0.3, -0.25) is 9.78 Å².